The van der Waals surface area contributed by atoms with Gasteiger partial charge in [-0.25, -0.2) is 9.97 Å². The van der Waals surface area contributed by atoms with E-state index in [4.69, 9.17) is 4.42 Å². The first-order chi connectivity index (χ1) is 11.2. The van der Waals surface area contributed by atoms with Crippen LogP contribution in [0.5, 0.6) is 0 Å². The van der Waals surface area contributed by atoms with Crippen LogP contribution >= 0.6 is 11.3 Å². The highest BCUT2D eigenvalue weighted by Gasteiger charge is 2.27. The Morgan fingerprint density at radius 2 is 2.22 bits per heavy atom. The molecular formula is C17H15N3O2S. The summed E-state index contributed by atoms with van der Waals surface area (Å²) in [6.07, 6.45) is 2.35. The molecule has 6 heteroatoms. The SMILES string of the molecule is Cc1ccc(C(=O)N2CCc3ncnc(-c4ccsc4)c3C2)o1. The number of fused-ring (bicyclic) bond motifs is 1. The molecule has 0 aromatic carbocycles. The molecule has 1 aliphatic rings. The third kappa shape index (κ3) is 2.55. The number of thiophene rings is 1. The highest BCUT2D eigenvalue weighted by Crippen LogP contribution is 2.29. The van der Waals surface area contributed by atoms with Crippen molar-refractivity contribution in [1.82, 2.24) is 14.9 Å². The van der Waals surface area contributed by atoms with Crippen LogP contribution < -0.4 is 0 Å². The van der Waals surface area contributed by atoms with Crippen molar-refractivity contribution in [2.45, 2.75) is 19.9 Å². The maximum absolute atomic E-state index is 12.6. The molecule has 3 aromatic rings. The molecular weight excluding hydrogens is 310 g/mol. The van der Waals surface area contributed by atoms with Gasteiger partial charge in [-0.2, -0.15) is 11.3 Å². The summed E-state index contributed by atoms with van der Waals surface area (Å²) in [6.45, 7) is 3.00. The van der Waals surface area contributed by atoms with Crippen LogP contribution in [0.2, 0.25) is 0 Å². The number of carbonyl (C=O) groups excluding carboxylic acids is 1. The Morgan fingerprint density at radius 1 is 1.30 bits per heavy atom. The maximum Gasteiger partial charge on any atom is 0.289 e. The molecule has 0 radical (unpaired) electrons. The van der Waals surface area contributed by atoms with E-state index in [0.29, 0.717) is 18.8 Å². The lowest BCUT2D eigenvalue weighted by molar-refractivity contribution is 0.0700. The Morgan fingerprint density at radius 3 is 2.96 bits per heavy atom. The first kappa shape index (κ1) is 14.1. The van der Waals surface area contributed by atoms with Crippen LogP contribution in [-0.2, 0) is 13.0 Å². The van der Waals surface area contributed by atoms with Crippen molar-refractivity contribution in [2.75, 3.05) is 6.54 Å². The molecule has 0 bridgehead atoms. The highest BCUT2D eigenvalue weighted by molar-refractivity contribution is 7.08. The van der Waals surface area contributed by atoms with Gasteiger partial charge in [-0.1, -0.05) is 0 Å². The average molecular weight is 325 g/mol. The van der Waals surface area contributed by atoms with Crippen molar-refractivity contribution in [2.24, 2.45) is 0 Å². The Kier molecular flexibility index (Phi) is 3.46. The highest BCUT2D eigenvalue weighted by atomic mass is 32.1. The third-order valence-corrected chi connectivity index (χ3v) is 4.72. The summed E-state index contributed by atoms with van der Waals surface area (Å²) in [5, 5.41) is 4.10. The number of rotatable bonds is 2. The molecule has 0 spiro atoms. The minimum absolute atomic E-state index is 0.0797. The second-order valence-electron chi connectivity index (χ2n) is 5.55. The van der Waals surface area contributed by atoms with Crippen molar-refractivity contribution in [3.8, 4) is 11.3 Å². The topological polar surface area (TPSA) is 59.2 Å². The summed E-state index contributed by atoms with van der Waals surface area (Å²) >= 11 is 1.64. The van der Waals surface area contributed by atoms with Gasteiger partial charge < -0.3 is 9.32 Å². The molecule has 0 fully saturated rings. The lowest BCUT2D eigenvalue weighted by atomic mass is 10.0. The monoisotopic (exact) mass is 325 g/mol. The number of hydrogen-bond donors (Lipinski definition) is 0. The number of amides is 1. The van der Waals surface area contributed by atoms with E-state index in [2.05, 4.69) is 15.3 Å². The van der Waals surface area contributed by atoms with Crippen LogP contribution in [0.4, 0.5) is 0 Å². The second-order valence-corrected chi connectivity index (χ2v) is 6.33. The van der Waals surface area contributed by atoms with Gasteiger partial charge in [0.2, 0.25) is 0 Å². The first-order valence-corrected chi connectivity index (χ1v) is 8.37. The number of hydrogen-bond acceptors (Lipinski definition) is 5. The fraction of sp³-hybridized carbons (Fsp3) is 0.235. The summed E-state index contributed by atoms with van der Waals surface area (Å²) in [7, 11) is 0. The molecule has 3 aromatic heterocycles. The Labute approximate surface area is 137 Å². The van der Waals surface area contributed by atoms with E-state index in [1.54, 1.807) is 28.6 Å². The third-order valence-electron chi connectivity index (χ3n) is 4.04. The van der Waals surface area contributed by atoms with Crippen LogP contribution in [-0.4, -0.2) is 27.3 Å². The zero-order chi connectivity index (χ0) is 15.8. The number of aryl methyl sites for hydroxylation is 1. The smallest absolute Gasteiger partial charge is 0.289 e. The molecule has 5 nitrogen and oxygen atoms in total. The molecule has 4 rings (SSSR count). The van der Waals surface area contributed by atoms with Crippen LogP contribution in [0.1, 0.15) is 27.6 Å². The minimum Gasteiger partial charge on any atom is -0.456 e. The zero-order valence-corrected chi connectivity index (χ0v) is 13.5. The number of carbonyl (C=O) groups is 1. The van der Waals surface area contributed by atoms with Crippen molar-refractivity contribution in [3.63, 3.8) is 0 Å². The molecule has 0 saturated heterocycles. The van der Waals surface area contributed by atoms with E-state index in [1.807, 2.05) is 24.4 Å². The van der Waals surface area contributed by atoms with Crippen LogP contribution in [0, 0.1) is 6.92 Å². The van der Waals surface area contributed by atoms with E-state index in [0.717, 1.165) is 34.7 Å². The molecule has 1 amide bonds. The molecule has 0 atom stereocenters. The summed E-state index contributed by atoms with van der Waals surface area (Å²) in [6, 6.07) is 5.59. The van der Waals surface area contributed by atoms with Crippen molar-refractivity contribution in [3.05, 3.63) is 58.1 Å². The Bertz CT molecular complexity index is 855. The molecule has 0 saturated carbocycles. The lowest BCUT2D eigenvalue weighted by Crippen LogP contribution is -2.36. The number of nitrogens with zero attached hydrogens (tertiary/aromatic N) is 3. The quantitative estimate of drug-likeness (QED) is 0.725. The fourth-order valence-electron chi connectivity index (χ4n) is 2.87. The molecule has 0 aliphatic carbocycles. The van der Waals surface area contributed by atoms with E-state index >= 15 is 0 Å². The maximum atomic E-state index is 12.6. The standard InChI is InChI=1S/C17H15N3O2S/c1-11-2-3-15(22-11)17(21)20-6-4-14-13(8-20)16(19-10-18-14)12-5-7-23-9-12/h2-3,5,7,9-10H,4,6,8H2,1H3. The van der Waals surface area contributed by atoms with Crippen LogP contribution in [0.25, 0.3) is 11.3 Å². The van der Waals surface area contributed by atoms with Gasteiger partial charge in [0.25, 0.3) is 5.91 Å². The van der Waals surface area contributed by atoms with Crippen LogP contribution in [0.15, 0.2) is 39.7 Å². The summed E-state index contributed by atoms with van der Waals surface area (Å²) < 4.78 is 5.47. The van der Waals surface area contributed by atoms with Gasteiger partial charge in [-0.3, -0.25) is 4.79 Å². The predicted molar refractivity (Wildman–Crippen MR) is 87.2 cm³/mol. The van der Waals surface area contributed by atoms with Crippen molar-refractivity contribution in [1.29, 1.82) is 0 Å². The summed E-state index contributed by atoms with van der Waals surface area (Å²) in [5.41, 5.74) is 4.07. The van der Waals surface area contributed by atoms with E-state index in [9.17, 15) is 4.79 Å². The average Bonchev–Trinajstić information content (AvgIpc) is 3.24. The van der Waals surface area contributed by atoms with E-state index < -0.39 is 0 Å². The normalized spacial score (nSPS) is 13.9. The van der Waals surface area contributed by atoms with Gasteiger partial charge in [0.05, 0.1) is 17.9 Å². The van der Waals surface area contributed by atoms with Crippen molar-refractivity contribution >= 4 is 17.2 Å². The first-order valence-electron chi connectivity index (χ1n) is 7.43. The minimum atomic E-state index is -0.0797. The molecule has 4 heterocycles. The predicted octanol–water partition coefficient (Wildman–Crippen LogP) is 3.31. The molecule has 1 aliphatic heterocycles. The fourth-order valence-corrected chi connectivity index (χ4v) is 3.51. The largest absolute Gasteiger partial charge is 0.456 e. The van der Waals surface area contributed by atoms with Gasteiger partial charge in [-0.05, 0) is 30.5 Å². The van der Waals surface area contributed by atoms with Gasteiger partial charge >= 0.3 is 0 Å². The van der Waals surface area contributed by atoms with E-state index in [-0.39, 0.29) is 5.91 Å². The summed E-state index contributed by atoms with van der Waals surface area (Å²) in [4.78, 5) is 23.3. The Hall–Kier alpha value is -2.47. The molecule has 23 heavy (non-hydrogen) atoms. The van der Waals surface area contributed by atoms with Gasteiger partial charge in [0.1, 0.15) is 12.1 Å². The van der Waals surface area contributed by atoms with Gasteiger partial charge in [0, 0.05) is 29.5 Å². The number of furan rings is 1. The lowest BCUT2D eigenvalue weighted by Gasteiger charge is -2.28. The zero-order valence-electron chi connectivity index (χ0n) is 12.7. The van der Waals surface area contributed by atoms with Crippen molar-refractivity contribution < 1.29 is 9.21 Å². The van der Waals surface area contributed by atoms with Gasteiger partial charge in [0.15, 0.2) is 5.76 Å². The molecule has 0 N–H and O–H groups in total. The number of aromatic nitrogens is 2. The van der Waals surface area contributed by atoms with Crippen LogP contribution in [0.3, 0.4) is 0 Å². The molecule has 116 valence electrons. The molecule has 0 unspecified atom stereocenters. The Balaban J connectivity index is 1.67. The summed E-state index contributed by atoms with van der Waals surface area (Å²) in [5.74, 6) is 1.05. The second kappa shape index (κ2) is 5.62. The van der Waals surface area contributed by atoms with E-state index in [1.165, 1.54) is 0 Å². The van der Waals surface area contributed by atoms with Gasteiger partial charge in [-0.15, -0.1) is 0 Å².